The minimum atomic E-state index is -0.417. The molecule has 0 amide bonds. The highest BCUT2D eigenvalue weighted by Gasteiger charge is 2.13. The molecule has 7 heteroatoms. The summed E-state index contributed by atoms with van der Waals surface area (Å²) in [5, 5.41) is 10.2. The average molecular weight is 432 g/mol. The number of nitrogens with zero attached hydrogens (tertiary/aromatic N) is 2. The van der Waals surface area contributed by atoms with Crippen LogP contribution in [-0.4, -0.2) is 11.2 Å². The molecule has 0 aliphatic carbocycles. The van der Waals surface area contributed by atoms with Crippen molar-refractivity contribution in [2.75, 3.05) is 5.43 Å². The highest BCUT2D eigenvalue weighted by Crippen LogP contribution is 2.29. The second kappa shape index (κ2) is 7.74. The summed E-state index contributed by atoms with van der Waals surface area (Å²) >= 11 is 7.24. The molecule has 0 unspecified atom stereocenters. The predicted molar refractivity (Wildman–Crippen MR) is 124 cm³/mol. The van der Waals surface area contributed by atoms with E-state index < -0.39 is 5.63 Å². The van der Waals surface area contributed by atoms with E-state index in [1.54, 1.807) is 18.3 Å². The van der Waals surface area contributed by atoms with Crippen LogP contribution in [0.2, 0.25) is 5.02 Å². The van der Waals surface area contributed by atoms with Gasteiger partial charge in [0.05, 0.1) is 17.5 Å². The van der Waals surface area contributed by atoms with E-state index in [2.05, 4.69) is 15.5 Å². The molecule has 0 atom stereocenters. The molecule has 0 aliphatic rings. The van der Waals surface area contributed by atoms with Crippen LogP contribution in [0, 0.1) is 0 Å². The Morgan fingerprint density at radius 3 is 2.73 bits per heavy atom. The molecule has 0 saturated heterocycles. The third-order valence-corrected chi connectivity index (χ3v) is 5.66. The lowest BCUT2D eigenvalue weighted by Gasteiger charge is -2.04. The quantitative estimate of drug-likeness (QED) is 0.160. The zero-order valence-corrected chi connectivity index (χ0v) is 17.1. The molecule has 30 heavy (non-hydrogen) atoms. The van der Waals surface area contributed by atoms with Crippen molar-refractivity contribution < 1.29 is 4.42 Å². The van der Waals surface area contributed by atoms with E-state index in [9.17, 15) is 4.79 Å². The van der Waals surface area contributed by atoms with Gasteiger partial charge in [-0.1, -0.05) is 54.1 Å². The topological polar surface area (TPSA) is 67.5 Å². The monoisotopic (exact) mass is 431 g/mol. The molecule has 0 radical (unpaired) electrons. The molecule has 2 aromatic heterocycles. The largest absolute Gasteiger partial charge is 0.422 e. The van der Waals surface area contributed by atoms with Crippen LogP contribution in [0.15, 0.2) is 86.4 Å². The molecule has 0 spiro atoms. The fraction of sp³-hybridized carbons (Fsp3) is 0. The fourth-order valence-electron chi connectivity index (χ4n) is 3.21. The summed E-state index contributed by atoms with van der Waals surface area (Å²) in [6.07, 6.45) is 1.67. The van der Waals surface area contributed by atoms with Gasteiger partial charge >= 0.3 is 5.63 Å². The van der Waals surface area contributed by atoms with Gasteiger partial charge in [0.2, 0.25) is 5.13 Å². The van der Waals surface area contributed by atoms with Crippen molar-refractivity contribution in [1.29, 1.82) is 0 Å². The Hall–Kier alpha value is -3.48. The predicted octanol–water partition coefficient (Wildman–Crippen LogP) is 6.17. The molecule has 5 nitrogen and oxygen atoms in total. The first-order chi connectivity index (χ1) is 14.7. The van der Waals surface area contributed by atoms with E-state index in [1.807, 2.05) is 60.0 Å². The molecule has 0 saturated carbocycles. The number of aromatic nitrogens is 1. The number of halogens is 1. The molecule has 0 aliphatic heterocycles. The van der Waals surface area contributed by atoms with Crippen molar-refractivity contribution in [3.63, 3.8) is 0 Å². The molecule has 5 rings (SSSR count). The second-order valence-electron chi connectivity index (χ2n) is 6.61. The van der Waals surface area contributed by atoms with Crippen LogP contribution in [0.5, 0.6) is 0 Å². The van der Waals surface area contributed by atoms with Crippen LogP contribution in [0.4, 0.5) is 5.13 Å². The lowest BCUT2D eigenvalue weighted by atomic mass is 10.0. The minimum absolute atomic E-state index is 0.417. The Kier molecular flexibility index (Phi) is 4.78. The van der Waals surface area contributed by atoms with E-state index in [0.717, 1.165) is 21.7 Å². The summed E-state index contributed by atoms with van der Waals surface area (Å²) < 4.78 is 5.56. The smallest absolute Gasteiger partial charge is 0.345 e. The summed E-state index contributed by atoms with van der Waals surface area (Å²) in [5.41, 5.74) is 4.92. The minimum Gasteiger partial charge on any atom is -0.422 e. The first-order valence-electron chi connectivity index (χ1n) is 9.13. The Bertz CT molecular complexity index is 1460. The van der Waals surface area contributed by atoms with Crippen molar-refractivity contribution in [1.82, 2.24) is 4.98 Å². The second-order valence-corrected chi connectivity index (χ2v) is 7.90. The van der Waals surface area contributed by atoms with Gasteiger partial charge in [0.1, 0.15) is 5.58 Å². The number of fused-ring (bicyclic) bond motifs is 3. The number of benzene rings is 3. The molecule has 146 valence electrons. The van der Waals surface area contributed by atoms with Crippen LogP contribution >= 0.6 is 22.9 Å². The van der Waals surface area contributed by atoms with Gasteiger partial charge in [0.15, 0.2) is 0 Å². The standard InChI is InChI=1S/C23H14ClN3O2S/c24-16-8-5-14(6-9-16)12-25-27-23-26-20(13-30-23)19-11-18-17-4-2-1-3-15(17)7-10-21(18)29-22(19)28/h1-13H,(H,26,27)/b25-12-. The van der Waals surface area contributed by atoms with Crippen molar-refractivity contribution in [3.8, 4) is 11.3 Å². The zero-order valence-electron chi connectivity index (χ0n) is 15.5. The van der Waals surface area contributed by atoms with E-state index in [-0.39, 0.29) is 0 Å². The lowest BCUT2D eigenvalue weighted by molar-refractivity contribution is 0.563. The average Bonchev–Trinajstić information content (AvgIpc) is 3.23. The third kappa shape index (κ3) is 3.58. The van der Waals surface area contributed by atoms with Gasteiger partial charge in [0, 0.05) is 15.8 Å². The summed E-state index contributed by atoms with van der Waals surface area (Å²) in [4.78, 5) is 17.0. The number of anilines is 1. The van der Waals surface area contributed by atoms with Gasteiger partial charge in [-0.15, -0.1) is 11.3 Å². The van der Waals surface area contributed by atoms with E-state index >= 15 is 0 Å². The van der Waals surface area contributed by atoms with Gasteiger partial charge in [-0.2, -0.15) is 5.10 Å². The van der Waals surface area contributed by atoms with Crippen LogP contribution < -0.4 is 11.1 Å². The molecule has 3 aromatic carbocycles. The SMILES string of the molecule is O=c1oc2ccc3ccccc3c2cc1-c1csc(N/N=C\c2ccc(Cl)cc2)n1. The van der Waals surface area contributed by atoms with E-state index in [0.29, 0.717) is 27.0 Å². The van der Waals surface area contributed by atoms with Gasteiger partial charge < -0.3 is 4.42 Å². The molecular weight excluding hydrogens is 418 g/mol. The van der Waals surface area contributed by atoms with Gasteiger partial charge in [0.25, 0.3) is 0 Å². The van der Waals surface area contributed by atoms with E-state index in [4.69, 9.17) is 16.0 Å². The maximum Gasteiger partial charge on any atom is 0.345 e. The Balaban J connectivity index is 1.46. The maximum absolute atomic E-state index is 12.5. The van der Waals surface area contributed by atoms with Crippen LogP contribution in [0.25, 0.3) is 33.0 Å². The number of rotatable bonds is 4. The van der Waals surface area contributed by atoms with Crippen LogP contribution in [0.1, 0.15) is 5.56 Å². The molecule has 0 fully saturated rings. The number of hydrogen-bond donors (Lipinski definition) is 1. The molecule has 1 N–H and O–H groups in total. The number of thiazole rings is 1. The lowest BCUT2D eigenvalue weighted by Crippen LogP contribution is -2.03. The highest BCUT2D eigenvalue weighted by molar-refractivity contribution is 7.14. The Morgan fingerprint density at radius 1 is 1.03 bits per heavy atom. The van der Waals surface area contributed by atoms with Gasteiger partial charge in [-0.25, -0.2) is 9.78 Å². The van der Waals surface area contributed by atoms with Crippen LogP contribution in [0.3, 0.4) is 0 Å². The number of hydrogen-bond acceptors (Lipinski definition) is 6. The van der Waals surface area contributed by atoms with Crippen molar-refractivity contribution in [3.05, 3.63) is 93.1 Å². The van der Waals surface area contributed by atoms with E-state index in [1.165, 1.54) is 11.3 Å². The first-order valence-corrected chi connectivity index (χ1v) is 10.4. The zero-order chi connectivity index (χ0) is 20.5. The number of nitrogens with one attached hydrogen (secondary N) is 1. The normalized spacial score (nSPS) is 11.5. The van der Waals surface area contributed by atoms with Crippen molar-refractivity contribution in [2.45, 2.75) is 0 Å². The number of hydrazone groups is 1. The third-order valence-electron chi connectivity index (χ3n) is 4.67. The summed E-state index contributed by atoms with van der Waals surface area (Å²) in [6, 6.07) is 20.9. The molecule has 5 aromatic rings. The highest BCUT2D eigenvalue weighted by atomic mass is 35.5. The van der Waals surface area contributed by atoms with Gasteiger partial charge in [-0.05, 0) is 40.6 Å². The van der Waals surface area contributed by atoms with Gasteiger partial charge in [-0.3, -0.25) is 5.43 Å². The first kappa shape index (κ1) is 18.5. The Morgan fingerprint density at radius 2 is 1.87 bits per heavy atom. The maximum atomic E-state index is 12.5. The summed E-state index contributed by atoms with van der Waals surface area (Å²) in [7, 11) is 0. The molecule has 0 bridgehead atoms. The summed E-state index contributed by atoms with van der Waals surface area (Å²) in [6.45, 7) is 0. The van der Waals surface area contributed by atoms with Crippen molar-refractivity contribution in [2.24, 2.45) is 5.10 Å². The fourth-order valence-corrected chi connectivity index (χ4v) is 4.00. The Labute approximate surface area is 180 Å². The molecule has 2 heterocycles. The van der Waals surface area contributed by atoms with Crippen LogP contribution in [-0.2, 0) is 0 Å². The van der Waals surface area contributed by atoms with Crippen molar-refractivity contribution >= 4 is 56.0 Å². The molecular formula is C23H14ClN3O2S. The summed E-state index contributed by atoms with van der Waals surface area (Å²) in [5.74, 6) is 0.